The van der Waals surface area contributed by atoms with Crippen LogP contribution in [0.4, 0.5) is 0 Å². The van der Waals surface area contributed by atoms with E-state index in [1.54, 1.807) is 19.3 Å². The molecule has 0 unspecified atom stereocenters. The number of likely N-dealkylation sites (tertiary alicyclic amines) is 1. The lowest BCUT2D eigenvalue weighted by molar-refractivity contribution is -0.119. The SMILES string of the molecule is CCc1ncc(CN2C[C@@H](NC(C)=O)[C@H](c3ccnn3C)C2)o1. The minimum Gasteiger partial charge on any atom is -0.444 e. The van der Waals surface area contributed by atoms with Gasteiger partial charge in [0.15, 0.2) is 5.89 Å². The molecule has 2 aromatic rings. The maximum atomic E-state index is 11.5. The molecule has 23 heavy (non-hydrogen) atoms. The zero-order chi connectivity index (χ0) is 16.4. The van der Waals surface area contributed by atoms with E-state index in [9.17, 15) is 4.79 Å². The zero-order valence-electron chi connectivity index (χ0n) is 13.8. The number of aryl methyl sites for hydroxylation is 2. The quantitative estimate of drug-likeness (QED) is 0.893. The summed E-state index contributed by atoms with van der Waals surface area (Å²) in [6, 6.07) is 2.10. The van der Waals surface area contributed by atoms with Crippen molar-refractivity contribution in [3.8, 4) is 0 Å². The maximum absolute atomic E-state index is 11.5. The van der Waals surface area contributed by atoms with Gasteiger partial charge < -0.3 is 9.73 Å². The molecule has 124 valence electrons. The van der Waals surface area contributed by atoms with Gasteiger partial charge in [-0.15, -0.1) is 0 Å². The van der Waals surface area contributed by atoms with Crippen molar-refractivity contribution in [2.45, 2.75) is 38.8 Å². The fraction of sp³-hybridized carbons (Fsp3) is 0.562. The first-order chi connectivity index (χ1) is 11.1. The molecule has 2 aromatic heterocycles. The minimum atomic E-state index is -0.00282. The average Bonchev–Trinajstić information content (AvgIpc) is 3.19. The molecule has 0 aromatic carbocycles. The molecule has 1 aliphatic heterocycles. The number of aromatic nitrogens is 3. The molecule has 1 amide bonds. The Labute approximate surface area is 135 Å². The number of rotatable bonds is 5. The number of oxazole rings is 1. The number of nitrogens with one attached hydrogen (secondary N) is 1. The van der Waals surface area contributed by atoms with Gasteiger partial charge in [0.2, 0.25) is 5.91 Å². The lowest BCUT2D eigenvalue weighted by atomic mass is 9.99. The summed E-state index contributed by atoms with van der Waals surface area (Å²) < 4.78 is 7.58. The van der Waals surface area contributed by atoms with Gasteiger partial charge in [-0.05, 0) is 6.07 Å². The smallest absolute Gasteiger partial charge is 0.217 e. The van der Waals surface area contributed by atoms with Gasteiger partial charge in [0.1, 0.15) is 5.76 Å². The van der Waals surface area contributed by atoms with Crippen molar-refractivity contribution in [1.82, 2.24) is 25.0 Å². The van der Waals surface area contributed by atoms with Gasteiger partial charge >= 0.3 is 0 Å². The first kappa shape index (κ1) is 15.7. The number of hydrogen-bond acceptors (Lipinski definition) is 5. The summed E-state index contributed by atoms with van der Waals surface area (Å²) in [7, 11) is 1.94. The van der Waals surface area contributed by atoms with Crippen LogP contribution in [-0.4, -0.2) is 44.7 Å². The van der Waals surface area contributed by atoms with E-state index < -0.39 is 0 Å². The van der Waals surface area contributed by atoms with Crippen molar-refractivity contribution < 1.29 is 9.21 Å². The summed E-state index contributed by atoms with van der Waals surface area (Å²) in [5, 5.41) is 7.33. The molecule has 3 rings (SSSR count). The molecular formula is C16H23N5O2. The number of carbonyl (C=O) groups is 1. The first-order valence-electron chi connectivity index (χ1n) is 7.97. The predicted molar refractivity (Wildman–Crippen MR) is 84.7 cm³/mol. The molecule has 0 radical (unpaired) electrons. The highest BCUT2D eigenvalue weighted by molar-refractivity contribution is 5.73. The molecule has 0 aliphatic carbocycles. The van der Waals surface area contributed by atoms with Crippen molar-refractivity contribution in [2.24, 2.45) is 7.05 Å². The van der Waals surface area contributed by atoms with Crippen molar-refractivity contribution >= 4 is 5.91 Å². The van der Waals surface area contributed by atoms with E-state index in [4.69, 9.17) is 4.42 Å². The fourth-order valence-electron chi connectivity index (χ4n) is 3.27. The second-order valence-electron chi connectivity index (χ2n) is 6.06. The van der Waals surface area contributed by atoms with Crippen LogP contribution < -0.4 is 5.32 Å². The molecule has 1 N–H and O–H groups in total. The molecule has 7 nitrogen and oxygen atoms in total. The fourth-order valence-corrected chi connectivity index (χ4v) is 3.27. The Hall–Kier alpha value is -2.15. The third-order valence-electron chi connectivity index (χ3n) is 4.31. The zero-order valence-corrected chi connectivity index (χ0v) is 13.8. The Morgan fingerprint density at radius 1 is 1.48 bits per heavy atom. The number of hydrogen-bond donors (Lipinski definition) is 1. The van der Waals surface area contributed by atoms with Crippen LogP contribution in [0.15, 0.2) is 22.9 Å². The van der Waals surface area contributed by atoms with Crippen LogP contribution in [0.5, 0.6) is 0 Å². The molecule has 1 fully saturated rings. The molecule has 2 atom stereocenters. The molecule has 0 bridgehead atoms. The highest BCUT2D eigenvalue weighted by atomic mass is 16.4. The summed E-state index contributed by atoms with van der Waals surface area (Å²) in [6.45, 7) is 5.94. The highest BCUT2D eigenvalue weighted by Gasteiger charge is 2.36. The maximum Gasteiger partial charge on any atom is 0.217 e. The Morgan fingerprint density at radius 2 is 2.30 bits per heavy atom. The second-order valence-corrected chi connectivity index (χ2v) is 6.06. The van der Waals surface area contributed by atoms with E-state index in [0.717, 1.165) is 36.9 Å². The Bertz CT molecular complexity index is 678. The van der Waals surface area contributed by atoms with E-state index >= 15 is 0 Å². The lowest BCUT2D eigenvalue weighted by Gasteiger charge is -2.19. The third kappa shape index (κ3) is 3.44. The van der Waals surface area contributed by atoms with Crippen LogP contribution in [0.1, 0.15) is 37.1 Å². The number of carbonyl (C=O) groups excluding carboxylic acids is 1. The van der Waals surface area contributed by atoms with Gasteiger partial charge in [0.05, 0.1) is 18.8 Å². The normalized spacial score (nSPS) is 21.7. The summed E-state index contributed by atoms with van der Waals surface area (Å²) in [6.07, 6.45) is 4.39. The molecule has 1 saturated heterocycles. The van der Waals surface area contributed by atoms with Crippen molar-refractivity contribution in [3.05, 3.63) is 35.8 Å². The Kier molecular flexibility index (Phi) is 4.47. The van der Waals surface area contributed by atoms with Crippen LogP contribution in [0.3, 0.4) is 0 Å². The lowest BCUT2D eigenvalue weighted by Crippen LogP contribution is -2.38. The Balaban J connectivity index is 1.74. The van der Waals surface area contributed by atoms with E-state index in [-0.39, 0.29) is 17.9 Å². The number of nitrogens with zero attached hydrogens (tertiary/aromatic N) is 4. The third-order valence-corrected chi connectivity index (χ3v) is 4.31. The van der Waals surface area contributed by atoms with Crippen molar-refractivity contribution in [1.29, 1.82) is 0 Å². The van der Waals surface area contributed by atoms with Crippen LogP contribution in [0, 0.1) is 0 Å². The molecule has 7 heteroatoms. The van der Waals surface area contributed by atoms with Crippen LogP contribution in [0.2, 0.25) is 0 Å². The standard InChI is InChI=1S/C16H23N5O2/c1-4-16-17-7-12(23-16)8-21-9-13(14(10-21)19-11(2)22)15-5-6-18-20(15)3/h5-7,13-14H,4,8-10H2,1-3H3,(H,19,22)/t13-,14-/m1/s1. The average molecular weight is 317 g/mol. The topological polar surface area (TPSA) is 76.2 Å². The molecule has 3 heterocycles. The van der Waals surface area contributed by atoms with Gasteiger partial charge in [0.25, 0.3) is 0 Å². The molecule has 0 spiro atoms. The van der Waals surface area contributed by atoms with E-state index in [0.29, 0.717) is 6.54 Å². The summed E-state index contributed by atoms with van der Waals surface area (Å²) in [5.41, 5.74) is 1.14. The monoisotopic (exact) mass is 317 g/mol. The Morgan fingerprint density at radius 3 is 2.91 bits per heavy atom. The van der Waals surface area contributed by atoms with E-state index in [1.807, 2.05) is 24.7 Å². The second kappa shape index (κ2) is 6.54. The van der Waals surface area contributed by atoms with Gasteiger partial charge in [-0.1, -0.05) is 6.92 Å². The summed E-state index contributed by atoms with van der Waals surface area (Å²) in [5.74, 6) is 1.85. The summed E-state index contributed by atoms with van der Waals surface area (Å²) in [4.78, 5) is 18.1. The molecular weight excluding hydrogens is 294 g/mol. The van der Waals surface area contributed by atoms with Crippen LogP contribution in [0.25, 0.3) is 0 Å². The van der Waals surface area contributed by atoms with Crippen molar-refractivity contribution in [3.63, 3.8) is 0 Å². The summed E-state index contributed by atoms with van der Waals surface area (Å²) >= 11 is 0. The first-order valence-corrected chi connectivity index (χ1v) is 7.97. The predicted octanol–water partition coefficient (Wildman–Crippen LogP) is 1.07. The van der Waals surface area contributed by atoms with Crippen LogP contribution in [-0.2, 0) is 24.8 Å². The largest absolute Gasteiger partial charge is 0.444 e. The number of amides is 1. The van der Waals surface area contributed by atoms with Gasteiger partial charge in [-0.3, -0.25) is 14.4 Å². The molecule has 1 aliphatic rings. The van der Waals surface area contributed by atoms with Gasteiger partial charge in [-0.2, -0.15) is 5.10 Å². The van der Waals surface area contributed by atoms with Crippen LogP contribution >= 0.6 is 0 Å². The van der Waals surface area contributed by atoms with Gasteiger partial charge in [0, 0.05) is 51.3 Å². The highest BCUT2D eigenvalue weighted by Crippen LogP contribution is 2.28. The van der Waals surface area contributed by atoms with E-state index in [2.05, 4.69) is 20.3 Å². The molecule has 0 saturated carbocycles. The van der Waals surface area contributed by atoms with E-state index in [1.165, 1.54) is 0 Å². The van der Waals surface area contributed by atoms with Crippen molar-refractivity contribution in [2.75, 3.05) is 13.1 Å². The van der Waals surface area contributed by atoms with Gasteiger partial charge in [-0.25, -0.2) is 4.98 Å². The minimum absolute atomic E-state index is 0.00282.